The highest BCUT2D eigenvalue weighted by Crippen LogP contribution is 2.19. The number of benzene rings is 2. The van der Waals surface area contributed by atoms with Crippen LogP contribution in [0.5, 0.6) is 11.5 Å². The van der Waals surface area contributed by atoms with Crippen LogP contribution in [0.2, 0.25) is 0 Å². The first-order valence-corrected chi connectivity index (χ1v) is 6.70. The van der Waals surface area contributed by atoms with Gasteiger partial charge in [-0.3, -0.25) is 0 Å². The lowest BCUT2D eigenvalue weighted by Gasteiger charge is -2.12. The lowest BCUT2D eigenvalue weighted by molar-refractivity contribution is 0.0716. The summed E-state index contributed by atoms with van der Waals surface area (Å²) in [5, 5.41) is 0. The fraction of sp³-hybridized carbons (Fsp3) is 0.294. The standard InChI is InChI=1S/C17H20O3/c1-14(18-2)12-19-16-8-10-17(11-9-16)20-13-15-6-4-3-5-7-15/h3-11,14H,12-13H2,1-2H3/t14-/m1/s1. The third-order valence-corrected chi connectivity index (χ3v) is 2.96. The van der Waals surface area contributed by atoms with Crippen molar-refractivity contribution in [3.63, 3.8) is 0 Å². The van der Waals surface area contributed by atoms with E-state index >= 15 is 0 Å². The van der Waals surface area contributed by atoms with Gasteiger partial charge in [0.2, 0.25) is 0 Å². The third-order valence-electron chi connectivity index (χ3n) is 2.96. The van der Waals surface area contributed by atoms with Gasteiger partial charge >= 0.3 is 0 Å². The molecular formula is C17H20O3. The van der Waals surface area contributed by atoms with Crippen LogP contribution >= 0.6 is 0 Å². The smallest absolute Gasteiger partial charge is 0.120 e. The Balaban J connectivity index is 1.82. The predicted molar refractivity (Wildman–Crippen MR) is 79.2 cm³/mol. The number of hydrogen-bond donors (Lipinski definition) is 0. The Labute approximate surface area is 120 Å². The molecule has 106 valence electrons. The zero-order valence-corrected chi connectivity index (χ0v) is 11.9. The van der Waals surface area contributed by atoms with Crippen molar-refractivity contribution in [2.45, 2.75) is 19.6 Å². The van der Waals surface area contributed by atoms with E-state index in [0.29, 0.717) is 13.2 Å². The van der Waals surface area contributed by atoms with E-state index in [1.807, 2.05) is 61.5 Å². The molecule has 20 heavy (non-hydrogen) atoms. The summed E-state index contributed by atoms with van der Waals surface area (Å²) in [5.41, 5.74) is 1.15. The van der Waals surface area contributed by atoms with Crippen LogP contribution in [-0.2, 0) is 11.3 Å². The van der Waals surface area contributed by atoms with E-state index in [1.165, 1.54) is 0 Å². The molecule has 0 amide bonds. The van der Waals surface area contributed by atoms with Crippen molar-refractivity contribution in [3.8, 4) is 11.5 Å². The van der Waals surface area contributed by atoms with Crippen LogP contribution in [0, 0.1) is 0 Å². The fourth-order valence-electron chi connectivity index (χ4n) is 1.65. The molecule has 0 N–H and O–H groups in total. The Kier molecular flexibility index (Phi) is 5.44. The normalized spacial score (nSPS) is 11.9. The lowest BCUT2D eigenvalue weighted by Crippen LogP contribution is -2.15. The second-order valence-electron chi connectivity index (χ2n) is 4.60. The monoisotopic (exact) mass is 272 g/mol. The first kappa shape index (κ1) is 14.4. The van der Waals surface area contributed by atoms with Gasteiger partial charge in [-0.15, -0.1) is 0 Å². The van der Waals surface area contributed by atoms with E-state index in [9.17, 15) is 0 Å². The van der Waals surface area contributed by atoms with E-state index < -0.39 is 0 Å². The maximum Gasteiger partial charge on any atom is 0.120 e. The average Bonchev–Trinajstić information content (AvgIpc) is 2.52. The Morgan fingerprint density at radius 3 is 2.05 bits per heavy atom. The number of ether oxygens (including phenoxy) is 3. The highest BCUT2D eigenvalue weighted by Gasteiger charge is 2.01. The lowest BCUT2D eigenvalue weighted by atomic mass is 10.2. The third kappa shape index (κ3) is 4.59. The molecule has 0 aliphatic heterocycles. The molecule has 0 unspecified atom stereocenters. The molecule has 0 spiro atoms. The summed E-state index contributed by atoms with van der Waals surface area (Å²) in [4.78, 5) is 0. The van der Waals surface area contributed by atoms with Crippen molar-refractivity contribution >= 4 is 0 Å². The van der Waals surface area contributed by atoms with Crippen molar-refractivity contribution < 1.29 is 14.2 Å². The van der Waals surface area contributed by atoms with Crippen LogP contribution in [-0.4, -0.2) is 19.8 Å². The van der Waals surface area contributed by atoms with E-state index in [1.54, 1.807) is 7.11 Å². The number of hydrogen-bond acceptors (Lipinski definition) is 3. The van der Waals surface area contributed by atoms with Crippen molar-refractivity contribution in [2.75, 3.05) is 13.7 Å². The molecule has 0 aliphatic rings. The maximum absolute atomic E-state index is 5.71. The van der Waals surface area contributed by atoms with Gasteiger partial charge in [-0.05, 0) is 36.8 Å². The van der Waals surface area contributed by atoms with Crippen LogP contribution < -0.4 is 9.47 Å². The van der Waals surface area contributed by atoms with E-state index in [2.05, 4.69) is 0 Å². The molecule has 2 aromatic carbocycles. The zero-order chi connectivity index (χ0) is 14.2. The van der Waals surface area contributed by atoms with Crippen molar-refractivity contribution in [3.05, 3.63) is 60.2 Å². The van der Waals surface area contributed by atoms with Gasteiger partial charge in [0.05, 0.1) is 6.10 Å². The highest BCUT2D eigenvalue weighted by molar-refractivity contribution is 5.31. The van der Waals surface area contributed by atoms with Crippen LogP contribution in [0.25, 0.3) is 0 Å². The molecule has 1 atom stereocenters. The minimum Gasteiger partial charge on any atom is -0.491 e. The van der Waals surface area contributed by atoms with E-state index in [-0.39, 0.29) is 6.10 Å². The quantitative estimate of drug-likeness (QED) is 0.769. The zero-order valence-electron chi connectivity index (χ0n) is 11.9. The van der Waals surface area contributed by atoms with Crippen LogP contribution in [0.3, 0.4) is 0 Å². The Hall–Kier alpha value is -2.00. The second kappa shape index (κ2) is 7.56. The molecule has 0 radical (unpaired) electrons. The summed E-state index contributed by atoms with van der Waals surface area (Å²) in [7, 11) is 1.68. The molecule has 0 aromatic heterocycles. The molecule has 0 aliphatic carbocycles. The molecule has 0 heterocycles. The van der Waals surface area contributed by atoms with Crippen molar-refractivity contribution in [1.82, 2.24) is 0 Å². The highest BCUT2D eigenvalue weighted by atomic mass is 16.5. The Morgan fingerprint density at radius 2 is 1.45 bits per heavy atom. The van der Waals surface area contributed by atoms with Crippen LogP contribution in [0.4, 0.5) is 0 Å². The first-order chi connectivity index (χ1) is 9.78. The minimum absolute atomic E-state index is 0.0870. The van der Waals surface area contributed by atoms with Crippen LogP contribution in [0.15, 0.2) is 54.6 Å². The second-order valence-corrected chi connectivity index (χ2v) is 4.60. The molecule has 0 bridgehead atoms. The summed E-state index contributed by atoms with van der Waals surface area (Å²) < 4.78 is 16.4. The maximum atomic E-state index is 5.71. The van der Waals surface area contributed by atoms with Crippen LogP contribution in [0.1, 0.15) is 12.5 Å². The molecule has 3 heteroatoms. The Morgan fingerprint density at radius 1 is 0.850 bits per heavy atom. The van der Waals surface area contributed by atoms with Gasteiger partial charge in [-0.25, -0.2) is 0 Å². The van der Waals surface area contributed by atoms with Gasteiger partial charge in [0.1, 0.15) is 24.7 Å². The van der Waals surface area contributed by atoms with Gasteiger partial charge in [0.25, 0.3) is 0 Å². The number of methoxy groups -OCH3 is 1. The SMILES string of the molecule is CO[C@H](C)COc1ccc(OCc2ccccc2)cc1. The first-order valence-electron chi connectivity index (χ1n) is 6.70. The summed E-state index contributed by atoms with van der Waals surface area (Å²) in [6.07, 6.45) is 0.0870. The molecule has 0 fully saturated rings. The van der Waals surface area contributed by atoms with Crippen molar-refractivity contribution in [2.24, 2.45) is 0 Å². The van der Waals surface area contributed by atoms with E-state index in [4.69, 9.17) is 14.2 Å². The summed E-state index contributed by atoms with van der Waals surface area (Å²) in [5.74, 6) is 1.65. The summed E-state index contributed by atoms with van der Waals surface area (Å²) in [6, 6.07) is 17.7. The average molecular weight is 272 g/mol. The minimum atomic E-state index is 0.0870. The molecular weight excluding hydrogens is 252 g/mol. The van der Waals surface area contributed by atoms with Gasteiger partial charge in [-0.1, -0.05) is 30.3 Å². The number of rotatable bonds is 7. The molecule has 3 nitrogen and oxygen atoms in total. The molecule has 2 aromatic rings. The van der Waals surface area contributed by atoms with E-state index in [0.717, 1.165) is 17.1 Å². The van der Waals surface area contributed by atoms with Gasteiger partial charge < -0.3 is 14.2 Å². The predicted octanol–water partition coefficient (Wildman–Crippen LogP) is 3.68. The van der Waals surface area contributed by atoms with Gasteiger partial charge in [0, 0.05) is 7.11 Å². The molecule has 0 saturated carbocycles. The Bertz CT molecular complexity index is 493. The fourth-order valence-corrected chi connectivity index (χ4v) is 1.65. The largest absolute Gasteiger partial charge is 0.491 e. The summed E-state index contributed by atoms with van der Waals surface area (Å²) >= 11 is 0. The van der Waals surface area contributed by atoms with Gasteiger partial charge in [0.15, 0.2) is 0 Å². The summed E-state index contributed by atoms with van der Waals surface area (Å²) in [6.45, 7) is 3.08. The topological polar surface area (TPSA) is 27.7 Å². The molecule has 0 saturated heterocycles. The van der Waals surface area contributed by atoms with Crippen molar-refractivity contribution in [1.29, 1.82) is 0 Å². The van der Waals surface area contributed by atoms with Gasteiger partial charge in [-0.2, -0.15) is 0 Å². The molecule has 2 rings (SSSR count).